The molecule has 0 atom stereocenters. The van der Waals surface area contributed by atoms with Gasteiger partial charge < -0.3 is 4.74 Å². The molecule has 0 amide bonds. The van der Waals surface area contributed by atoms with Crippen LogP contribution < -0.4 is 4.74 Å². The molecule has 21 heavy (non-hydrogen) atoms. The molecule has 0 N–H and O–H groups in total. The quantitative estimate of drug-likeness (QED) is 0.569. The minimum Gasteiger partial charge on any atom is -0.488 e. The lowest BCUT2D eigenvalue weighted by Gasteiger charge is -2.07. The molecule has 0 aliphatic heterocycles. The summed E-state index contributed by atoms with van der Waals surface area (Å²) in [5.41, 5.74) is 2.62. The van der Waals surface area contributed by atoms with Crippen LogP contribution in [0.15, 0.2) is 70.5 Å². The summed E-state index contributed by atoms with van der Waals surface area (Å²) in [4.78, 5) is 1.21. The second kappa shape index (κ2) is 6.92. The van der Waals surface area contributed by atoms with Crippen molar-refractivity contribution < 1.29 is 4.74 Å². The Morgan fingerprint density at radius 3 is 2.24 bits per heavy atom. The van der Waals surface area contributed by atoms with Crippen LogP contribution in [0.25, 0.3) is 0 Å². The summed E-state index contributed by atoms with van der Waals surface area (Å²) in [7, 11) is 0. The minimum absolute atomic E-state index is 0.607. The first-order chi connectivity index (χ1) is 10.3. The van der Waals surface area contributed by atoms with E-state index < -0.39 is 0 Å². The van der Waals surface area contributed by atoms with Crippen molar-refractivity contribution in [3.05, 3.63) is 86.5 Å². The van der Waals surface area contributed by atoms with Gasteiger partial charge in [0.05, 0.1) is 4.88 Å². The molecule has 0 saturated carbocycles. The molecule has 0 unspecified atom stereocenters. The number of hydrogen-bond donors (Lipinski definition) is 0. The largest absolute Gasteiger partial charge is 0.488 e. The summed E-state index contributed by atoms with van der Waals surface area (Å²) in [5.74, 6) is 0.909. The smallest absolute Gasteiger partial charge is 0.124 e. The van der Waals surface area contributed by atoms with Crippen LogP contribution in [0.2, 0.25) is 0 Å². The van der Waals surface area contributed by atoms with Crippen molar-refractivity contribution in [2.45, 2.75) is 13.0 Å². The fourth-order valence-corrected chi connectivity index (χ4v) is 3.49. The summed E-state index contributed by atoms with van der Waals surface area (Å²) in [5, 5.41) is 2.06. The van der Waals surface area contributed by atoms with Gasteiger partial charge in [0.2, 0.25) is 0 Å². The number of halogens is 1. The van der Waals surface area contributed by atoms with Crippen LogP contribution in [-0.4, -0.2) is 0 Å². The third kappa shape index (κ3) is 3.96. The van der Waals surface area contributed by atoms with E-state index in [-0.39, 0.29) is 0 Å². The fourth-order valence-electron chi connectivity index (χ4n) is 2.11. The predicted octanol–water partition coefficient (Wildman–Crippen LogP) is 5.68. The molecule has 0 spiro atoms. The normalized spacial score (nSPS) is 10.5. The van der Waals surface area contributed by atoms with Gasteiger partial charge in [0.25, 0.3) is 0 Å². The molecule has 0 fully saturated rings. The van der Waals surface area contributed by atoms with E-state index in [0.29, 0.717) is 6.61 Å². The van der Waals surface area contributed by atoms with Crippen molar-refractivity contribution in [3.8, 4) is 5.75 Å². The maximum atomic E-state index is 5.82. The Bertz CT molecular complexity index is 689. The van der Waals surface area contributed by atoms with Crippen molar-refractivity contribution in [1.82, 2.24) is 0 Å². The molecule has 1 heterocycles. The predicted molar refractivity (Wildman–Crippen MR) is 92.0 cm³/mol. The van der Waals surface area contributed by atoms with Crippen LogP contribution in [0, 0.1) is 0 Å². The molecular weight excluding hydrogens is 344 g/mol. The molecule has 2 aromatic carbocycles. The fraction of sp³-hybridized carbons (Fsp3) is 0.111. The highest BCUT2D eigenvalue weighted by Gasteiger charge is 2.03. The third-order valence-corrected chi connectivity index (χ3v) is 5.14. The Kier molecular flexibility index (Phi) is 4.73. The lowest BCUT2D eigenvalue weighted by atomic mass is 10.1. The van der Waals surface area contributed by atoms with Gasteiger partial charge in [0.15, 0.2) is 0 Å². The molecular formula is C18H15BrOS. The van der Waals surface area contributed by atoms with E-state index in [9.17, 15) is 0 Å². The highest BCUT2D eigenvalue weighted by molar-refractivity contribution is 9.10. The zero-order valence-corrected chi connectivity index (χ0v) is 13.9. The topological polar surface area (TPSA) is 9.23 Å². The average Bonchev–Trinajstić information content (AvgIpc) is 2.93. The van der Waals surface area contributed by atoms with Crippen LogP contribution in [0.4, 0.5) is 0 Å². The minimum atomic E-state index is 0.607. The van der Waals surface area contributed by atoms with Crippen LogP contribution in [0.5, 0.6) is 5.75 Å². The number of ether oxygens (including phenoxy) is 1. The van der Waals surface area contributed by atoms with Gasteiger partial charge in [-0.2, -0.15) is 0 Å². The Hall–Kier alpha value is -1.58. The van der Waals surface area contributed by atoms with E-state index in [0.717, 1.165) is 16.6 Å². The molecule has 0 saturated heterocycles. The Labute approximate surface area is 137 Å². The highest BCUT2D eigenvalue weighted by Crippen LogP contribution is 2.24. The number of benzene rings is 2. The van der Waals surface area contributed by atoms with E-state index in [1.165, 1.54) is 16.0 Å². The number of hydrogen-bond acceptors (Lipinski definition) is 2. The van der Waals surface area contributed by atoms with Gasteiger partial charge in [-0.25, -0.2) is 0 Å². The van der Waals surface area contributed by atoms with Crippen molar-refractivity contribution in [1.29, 1.82) is 0 Å². The first-order valence-corrected chi connectivity index (χ1v) is 8.46. The number of thiophene rings is 1. The van der Waals surface area contributed by atoms with E-state index in [2.05, 4.69) is 57.7 Å². The van der Waals surface area contributed by atoms with E-state index in [1.54, 1.807) is 11.3 Å². The second-order valence-electron chi connectivity index (χ2n) is 4.79. The van der Waals surface area contributed by atoms with Crippen molar-refractivity contribution >= 4 is 27.3 Å². The van der Waals surface area contributed by atoms with Crippen LogP contribution in [0.3, 0.4) is 0 Å². The number of rotatable bonds is 5. The van der Waals surface area contributed by atoms with Crippen molar-refractivity contribution in [2.24, 2.45) is 0 Å². The van der Waals surface area contributed by atoms with E-state index in [1.807, 2.05) is 24.3 Å². The Balaban J connectivity index is 1.60. The van der Waals surface area contributed by atoms with Gasteiger partial charge in [-0.3, -0.25) is 0 Å². The Morgan fingerprint density at radius 1 is 0.857 bits per heavy atom. The SMILES string of the molecule is Brc1ccsc1COc1ccc(Cc2ccccc2)cc1. The molecule has 0 bridgehead atoms. The zero-order chi connectivity index (χ0) is 14.5. The van der Waals surface area contributed by atoms with Gasteiger partial charge in [-0.15, -0.1) is 11.3 Å². The standard InChI is InChI=1S/C18H15BrOS/c19-17-10-11-21-18(17)13-20-16-8-6-15(7-9-16)12-14-4-2-1-3-5-14/h1-11H,12-13H2. The van der Waals surface area contributed by atoms with E-state index in [4.69, 9.17) is 4.74 Å². The zero-order valence-electron chi connectivity index (χ0n) is 11.5. The lowest BCUT2D eigenvalue weighted by Crippen LogP contribution is -1.94. The highest BCUT2D eigenvalue weighted by atomic mass is 79.9. The maximum absolute atomic E-state index is 5.82. The summed E-state index contributed by atoms with van der Waals surface area (Å²) < 4.78 is 6.94. The van der Waals surface area contributed by atoms with Crippen LogP contribution >= 0.6 is 27.3 Å². The molecule has 1 nitrogen and oxygen atoms in total. The van der Waals surface area contributed by atoms with Gasteiger partial charge in [-0.05, 0) is 57.1 Å². The molecule has 0 radical (unpaired) electrons. The average molecular weight is 359 g/mol. The first-order valence-electron chi connectivity index (χ1n) is 6.79. The summed E-state index contributed by atoms with van der Waals surface area (Å²) >= 11 is 5.22. The molecule has 0 aliphatic rings. The molecule has 3 rings (SSSR count). The first kappa shape index (κ1) is 14.4. The van der Waals surface area contributed by atoms with Gasteiger partial charge in [0, 0.05) is 4.47 Å². The molecule has 3 aromatic rings. The maximum Gasteiger partial charge on any atom is 0.124 e. The van der Waals surface area contributed by atoms with Crippen LogP contribution in [0.1, 0.15) is 16.0 Å². The van der Waals surface area contributed by atoms with Crippen molar-refractivity contribution in [2.75, 3.05) is 0 Å². The van der Waals surface area contributed by atoms with Crippen molar-refractivity contribution in [3.63, 3.8) is 0 Å². The van der Waals surface area contributed by atoms with Crippen LogP contribution in [-0.2, 0) is 13.0 Å². The monoisotopic (exact) mass is 358 g/mol. The Morgan fingerprint density at radius 2 is 1.57 bits per heavy atom. The molecule has 106 valence electrons. The lowest BCUT2D eigenvalue weighted by molar-refractivity contribution is 0.309. The third-order valence-electron chi connectivity index (χ3n) is 3.24. The molecule has 0 aliphatic carbocycles. The van der Waals surface area contributed by atoms with Gasteiger partial charge >= 0.3 is 0 Å². The molecule has 3 heteroatoms. The second-order valence-corrected chi connectivity index (χ2v) is 6.64. The molecule has 1 aromatic heterocycles. The van der Waals surface area contributed by atoms with Gasteiger partial charge in [-0.1, -0.05) is 42.5 Å². The summed E-state index contributed by atoms with van der Waals surface area (Å²) in [6.45, 7) is 0.607. The van der Waals surface area contributed by atoms with Gasteiger partial charge in [0.1, 0.15) is 12.4 Å². The summed E-state index contributed by atoms with van der Waals surface area (Å²) in [6.07, 6.45) is 0.956. The van der Waals surface area contributed by atoms with E-state index >= 15 is 0 Å². The summed E-state index contributed by atoms with van der Waals surface area (Å²) in [6, 6.07) is 20.9.